The third-order valence-corrected chi connectivity index (χ3v) is 5.21. The second-order valence-corrected chi connectivity index (χ2v) is 7.75. The molecule has 1 aromatic carbocycles. The second kappa shape index (κ2) is 9.51. The number of oxime groups is 1. The molecular formula is C22H26N4O5. The topological polar surface area (TPSA) is 115 Å². The van der Waals surface area contributed by atoms with Crippen molar-refractivity contribution in [3.05, 3.63) is 58.7 Å². The highest BCUT2D eigenvalue weighted by molar-refractivity contribution is 6.02. The highest BCUT2D eigenvalue weighted by Crippen LogP contribution is 2.23. The molecule has 2 aliphatic rings. The quantitative estimate of drug-likeness (QED) is 0.715. The molecule has 1 aromatic heterocycles. The van der Waals surface area contributed by atoms with Crippen molar-refractivity contribution in [3.63, 3.8) is 0 Å². The van der Waals surface area contributed by atoms with Gasteiger partial charge in [-0.25, -0.2) is 9.97 Å². The standard InChI is InChI=1S/C22H26N4O5/c1-13-4-3-5-15(6-13)9-23-22(28)19-7-17(24-14(2)25-19)18-8-20(31-26-18)21-12-29-16(10-27)11-30-21/h3-7,16,20-21,27H,8-12H2,1-2H3,(H,23,28)/t16-,20-,21-/m1/s1. The van der Waals surface area contributed by atoms with E-state index in [-0.39, 0.29) is 36.5 Å². The maximum Gasteiger partial charge on any atom is 0.270 e. The van der Waals surface area contributed by atoms with E-state index in [2.05, 4.69) is 20.4 Å². The molecule has 0 spiro atoms. The van der Waals surface area contributed by atoms with Crippen molar-refractivity contribution in [2.45, 2.75) is 45.1 Å². The number of hydrogen-bond acceptors (Lipinski definition) is 8. The van der Waals surface area contributed by atoms with Crippen molar-refractivity contribution in [1.29, 1.82) is 0 Å². The Labute approximate surface area is 180 Å². The second-order valence-electron chi connectivity index (χ2n) is 7.75. The number of aliphatic hydroxyl groups excluding tert-OH is 1. The van der Waals surface area contributed by atoms with Crippen LogP contribution in [0.4, 0.5) is 0 Å². The molecule has 2 aromatic rings. The lowest BCUT2D eigenvalue weighted by Crippen LogP contribution is -2.43. The molecule has 1 saturated heterocycles. The number of ether oxygens (including phenoxy) is 2. The lowest BCUT2D eigenvalue weighted by atomic mass is 10.0. The molecule has 3 atom stereocenters. The van der Waals surface area contributed by atoms with Crippen molar-refractivity contribution in [1.82, 2.24) is 15.3 Å². The van der Waals surface area contributed by atoms with E-state index in [0.717, 1.165) is 11.1 Å². The Morgan fingerprint density at radius 3 is 2.77 bits per heavy atom. The van der Waals surface area contributed by atoms with Crippen molar-refractivity contribution >= 4 is 11.6 Å². The highest BCUT2D eigenvalue weighted by Gasteiger charge is 2.35. The lowest BCUT2D eigenvalue weighted by molar-refractivity contribution is -0.178. The molecule has 164 valence electrons. The summed E-state index contributed by atoms with van der Waals surface area (Å²) in [5.74, 6) is 0.204. The Hall–Kier alpha value is -2.88. The molecule has 0 unspecified atom stereocenters. The fourth-order valence-electron chi connectivity index (χ4n) is 3.55. The van der Waals surface area contributed by atoms with Gasteiger partial charge >= 0.3 is 0 Å². The van der Waals surface area contributed by atoms with E-state index in [1.165, 1.54) is 0 Å². The molecule has 2 aliphatic heterocycles. The number of carbonyl (C=O) groups is 1. The number of aryl methyl sites for hydroxylation is 2. The molecule has 1 fully saturated rings. The van der Waals surface area contributed by atoms with Crippen LogP contribution in [0.25, 0.3) is 0 Å². The largest absolute Gasteiger partial charge is 0.394 e. The molecule has 0 radical (unpaired) electrons. The first-order valence-corrected chi connectivity index (χ1v) is 10.3. The summed E-state index contributed by atoms with van der Waals surface area (Å²) in [7, 11) is 0. The van der Waals surface area contributed by atoms with Crippen LogP contribution in [0.1, 0.15) is 39.6 Å². The molecule has 31 heavy (non-hydrogen) atoms. The van der Waals surface area contributed by atoms with Gasteiger partial charge in [-0.1, -0.05) is 35.0 Å². The first-order chi connectivity index (χ1) is 15.0. The molecule has 0 bridgehead atoms. The van der Waals surface area contributed by atoms with Crippen LogP contribution in [0.3, 0.4) is 0 Å². The minimum atomic E-state index is -0.302. The molecule has 0 aliphatic carbocycles. The summed E-state index contributed by atoms with van der Waals surface area (Å²) < 4.78 is 11.3. The number of aliphatic hydroxyl groups is 1. The van der Waals surface area contributed by atoms with E-state index in [1.54, 1.807) is 13.0 Å². The average molecular weight is 426 g/mol. The number of rotatable bonds is 6. The zero-order chi connectivity index (χ0) is 21.8. The molecule has 3 heterocycles. The average Bonchev–Trinajstić information content (AvgIpc) is 3.27. The van der Waals surface area contributed by atoms with Crippen LogP contribution in [0.15, 0.2) is 35.5 Å². The fourth-order valence-corrected chi connectivity index (χ4v) is 3.55. The number of nitrogens with zero attached hydrogens (tertiary/aromatic N) is 3. The summed E-state index contributed by atoms with van der Waals surface area (Å²) in [4.78, 5) is 26.9. The Morgan fingerprint density at radius 2 is 2.03 bits per heavy atom. The summed E-state index contributed by atoms with van der Waals surface area (Å²) in [5, 5.41) is 16.2. The van der Waals surface area contributed by atoms with Crippen LogP contribution < -0.4 is 5.32 Å². The number of amides is 1. The van der Waals surface area contributed by atoms with Crippen LogP contribution in [0.5, 0.6) is 0 Å². The molecule has 1 amide bonds. The lowest BCUT2D eigenvalue weighted by Gasteiger charge is -2.30. The van der Waals surface area contributed by atoms with Gasteiger partial charge in [-0.3, -0.25) is 4.79 Å². The maximum atomic E-state index is 12.7. The molecule has 4 rings (SSSR count). The highest BCUT2D eigenvalue weighted by atomic mass is 16.7. The van der Waals surface area contributed by atoms with Crippen molar-refractivity contribution in [3.8, 4) is 0 Å². The number of hydrogen-bond donors (Lipinski definition) is 2. The number of benzene rings is 1. The third kappa shape index (κ3) is 5.25. The molecule has 0 saturated carbocycles. The van der Waals surface area contributed by atoms with Gasteiger partial charge in [0.15, 0.2) is 6.10 Å². The van der Waals surface area contributed by atoms with Crippen LogP contribution in [-0.2, 0) is 20.9 Å². The molecule has 9 heteroatoms. The summed E-state index contributed by atoms with van der Waals surface area (Å²) in [6.07, 6.45) is -0.394. The normalized spacial score (nSPS) is 23.2. The molecule has 2 N–H and O–H groups in total. The SMILES string of the molecule is Cc1cccc(CNC(=O)c2cc(C3=NO[C@@H]([C@H]4CO[C@H](CO)CO4)C3)nc(C)n2)c1. The minimum absolute atomic E-state index is 0.0745. The van der Waals surface area contributed by atoms with E-state index < -0.39 is 0 Å². The molecule has 9 nitrogen and oxygen atoms in total. The third-order valence-electron chi connectivity index (χ3n) is 5.21. The molecular weight excluding hydrogens is 400 g/mol. The maximum absolute atomic E-state index is 12.7. The van der Waals surface area contributed by atoms with Gasteiger partial charge in [0.2, 0.25) is 0 Å². The summed E-state index contributed by atoms with van der Waals surface area (Å²) in [6.45, 7) is 4.73. The van der Waals surface area contributed by atoms with E-state index in [9.17, 15) is 4.79 Å². The minimum Gasteiger partial charge on any atom is -0.394 e. The number of aromatic nitrogens is 2. The van der Waals surface area contributed by atoms with Crippen LogP contribution in [0.2, 0.25) is 0 Å². The predicted molar refractivity (Wildman–Crippen MR) is 112 cm³/mol. The summed E-state index contributed by atoms with van der Waals surface area (Å²) >= 11 is 0. The number of nitrogens with one attached hydrogen (secondary N) is 1. The summed E-state index contributed by atoms with van der Waals surface area (Å²) in [5.41, 5.74) is 3.63. The van der Waals surface area contributed by atoms with Crippen molar-refractivity contribution in [2.75, 3.05) is 19.8 Å². The Kier molecular flexibility index (Phi) is 6.55. The zero-order valence-corrected chi connectivity index (χ0v) is 17.6. The Bertz CT molecular complexity index is 972. The Balaban J connectivity index is 1.39. The van der Waals surface area contributed by atoms with E-state index in [4.69, 9.17) is 19.4 Å². The van der Waals surface area contributed by atoms with Crippen LogP contribution >= 0.6 is 0 Å². The number of carbonyl (C=O) groups excluding carboxylic acids is 1. The van der Waals surface area contributed by atoms with Gasteiger partial charge in [-0.15, -0.1) is 0 Å². The van der Waals surface area contributed by atoms with Gasteiger partial charge in [0.05, 0.1) is 25.5 Å². The van der Waals surface area contributed by atoms with Gasteiger partial charge < -0.3 is 24.7 Å². The monoisotopic (exact) mass is 426 g/mol. The Morgan fingerprint density at radius 1 is 1.16 bits per heavy atom. The van der Waals surface area contributed by atoms with Crippen LogP contribution in [0, 0.1) is 13.8 Å². The van der Waals surface area contributed by atoms with E-state index >= 15 is 0 Å². The predicted octanol–water partition coefficient (Wildman–Crippen LogP) is 1.29. The van der Waals surface area contributed by atoms with Crippen molar-refractivity contribution in [2.24, 2.45) is 5.16 Å². The first-order valence-electron chi connectivity index (χ1n) is 10.3. The van der Waals surface area contributed by atoms with Crippen molar-refractivity contribution < 1.29 is 24.2 Å². The van der Waals surface area contributed by atoms with Gasteiger partial charge in [-0.2, -0.15) is 0 Å². The van der Waals surface area contributed by atoms with Gasteiger partial charge in [0, 0.05) is 13.0 Å². The first kappa shape index (κ1) is 21.4. The van der Waals surface area contributed by atoms with Gasteiger partial charge in [-0.05, 0) is 25.5 Å². The van der Waals surface area contributed by atoms with E-state index in [0.29, 0.717) is 43.4 Å². The summed E-state index contributed by atoms with van der Waals surface area (Å²) in [6, 6.07) is 9.60. The van der Waals surface area contributed by atoms with Gasteiger partial charge in [0.1, 0.15) is 29.4 Å². The van der Waals surface area contributed by atoms with E-state index in [1.807, 2.05) is 31.2 Å². The zero-order valence-electron chi connectivity index (χ0n) is 17.6. The fraction of sp³-hybridized carbons (Fsp3) is 0.455. The van der Waals surface area contributed by atoms with Gasteiger partial charge in [0.25, 0.3) is 5.91 Å². The smallest absolute Gasteiger partial charge is 0.270 e. The van der Waals surface area contributed by atoms with Crippen LogP contribution in [-0.4, -0.2) is 64.8 Å².